The van der Waals surface area contributed by atoms with Crippen LogP contribution in [0.2, 0.25) is 0 Å². The first-order chi connectivity index (χ1) is 11.1. The van der Waals surface area contributed by atoms with Crippen molar-refractivity contribution >= 4 is 5.91 Å². The highest BCUT2D eigenvalue weighted by Crippen LogP contribution is 2.10. The van der Waals surface area contributed by atoms with Gasteiger partial charge in [0, 0.05) is 25.8 Å². The van der Waals surface area contributed by atoms with E-state index in [2.05, 4.69) is 10.3 Å². The minimum Gasteiger partial charge on any atom is -0.377 e. The van der Waals surface area contributed by atoms with Gasteiger partial charge in [0.2, 0.25) is 5.91 Å². The average Bonchev–Trinajstić information content (AvgIpc) is 2.91. The lowest BCUT2D eigenvalue weighted by Gasteiger charge is -2.11. The highest BCUT2D eigenvalue weighted by Gasteiger charge is 2.09. The van der Waals surface area contributed by atoms with Crippen molar-refractivity contribution in [3.05, 3.63) is 53.1 Å². The van der Waals surface area contributed by atoms with Crippen molar-refractivity contribution in [2.75, 3.05) is 6.61 Å². The van der Waals surface area contributed by atoms with E-state index in [0.717, 1.165) is 29.1 Å². The van der Waals surface area contributed by atoms with Gasteiger partial charge in [0.1, 0.15) is 12.4 Å². The van der Waals surface area contributed by atoms with E-state index < -0.39 is 0 Å². The van der Waals surface area contributed by atoms with Crippen molar-refractivity contribution in [2.24, 2.45) is 0 Å². The monoisotopic (exact) mass is 315 g/mol. The van der Waals surface area contributed by atoms with Crippen molar-refractivity contribution < 1.29 is 9.53 Å². The first kappa shape index (κ1) is 17.2. The Labute approximate surface area is 137 Å². The Bertz CT molecular complexity index is 649. The summed E-state index contributed by atoms with van der Waals surface area (Å²) < 4.78 is 7.38. The summed E-state index contributed by atoms with van der Waals surface area (Å²) in [6, 6.07) is 8.02. The zero-order chi connectivity index (χ0) is 16.7. The first-order valence-electron chi connectivity index (χ1n) is 8.07. The van der Waals surface area contributed by atoms with Crippen LogP contribution in [-0.2, 0) is 35.6 Å². The molecule has 1 amide bonds. The Morgan fingerprint density at radius 2 is 2.00 bits per heavy atom. The topological polar surface area (TPSA) is 56.1 Å². The van der Waals surface area contributed by atoms with Gasteiger partial charge < -0.3 is 14.6 Å². The number of aryl methyl sites for hydroxylation is 2. The van der Waals surface area contributed by atoms with Crippen LogP contribution in [0.4, 0.5) is 0 Å². The van der Waals surface area contributed by atoms with E-state index in [-0.39, 0.29) is 5.91 Å². The molecule has 2 aromatic rings. The summed E-state index contributed by atoms with van der Waals surface area (Å²) in [7, 11) is 0. The van der Waals surface area contributed by atoms with E-state index in [9.17, 15) is 4.79 Å². The molecular formula is C18H25N3O2. The maximum absolute atomic E-state index is 12.2. The molecule has 0 fully saturated rings. The second-order valence-electron chi connectivity index (χ2n) is 5.46. The summed E-state index contributed by atoms with van der Waals surface area (Å²) in [5.41, 5.74) is 3.14. The first-order valence-corrected chi connectivity index (χ1v) is 8.07. The molecule has 0 aliphatic heterocycles. The van der Waals surface area contributed by atoms with Gasteiger partial charge in [-0.3, -0.25) is 4.79 Å². The number of ether oxygens (including phenoxy) is 1. The summed E-state index contributed by atoms with van der Waals surface area (Å²) in [5.74, 6) is 0.928. The molecule has 124 valence electrons. The molecule has 0 unspecified atom stereocenters. The highest BCUT2D eigenvalue weighted by molar-refractivity contribution is 5.75. The number of hydrogen-bond donors (Lipinski definition) is 1. The van der Waals surface area contributed by atoms with Crippen LogP contribution in [0.15, 0.2) is 30.5 Å². The average molecular weight is 315 g/mol. The van der Waals surface area contributed by atoms with Gasteiger partial charge in [0.05, 0.1) is 12.3 Å². The van der Waals surface area contributed by atoms with E-state index in [0.29, 0.717) is 26.3 Å². The molecule has 23 heavy (non-hydrogen) atoms. The number of nitrogens with zero attached hydrogens (tertiary/aromatic N) is 2. The van der Waals surface area contributed by atoms with Crippen LogP contribution in [-0.4, -0.2) is 22.1 Å². The molecule has 1 aromatic heterocycles. The number of rotatable bonds is 8. The standard InChI is InChI=1S/C18H25N3O2/c1-4-17-20-14(3)11-21(17)12-18(22)19-10-15-8-6-7-9-16(15)13-23-5-2/h6-9,11H,4-5,10,12-13H2,1-3H3,(H,19,22). The van der Waals surface area contributed by atoms with E-state index in [1.165, 1.54) is 0 Å². The number of imidazole rings is 1. The van der Waals surface area contributed by atoms with Crippen molar-refractivity contribution in [2.45, 2.75) is 46.9 Å². The summed E-state index contributed by atoms with van der Waals surface area (Å²) >= 11 is 0. The SMILES string of the molecule is CCOCc1ccccc1CNC(=O)Cn1cc(C)nc1CC. The molecule has 5 nitrogen and oxygen atoms in total. The van der Waals surface area contributed by atoms with Gasteiger partial charge in [-0.2, -0.15) is 0 Å². The number of benzene rings is 1. The van der Waals surface area contributed by atoms with Crippen molar-refractivity contribution in [1.29, 1.82) is 0 Å². The van der Waals surface area contributed by atoms with Gasteiger partial charge in [-0.05, 0) is 25.0 Å². The van der Waals surface area contributed by atoms with Crippen molar-refractivity contribution in [3.63, 3.8) is 0 Å². The van der Waals surface area contributed by atoms with Gasteiger partial charge in [-0.25, -0.2) is 4.98 Å². The molecule has 0 atom stereocenters. The van der Waals surface area contributed by atoms with Gasteiger partial charge in [-0.15, -0.1) is 0 Å². The molecule has 0 aliphatic rings. The minimum absolute atomic E-state index is 0.0108. The van der Waals surface area contributed by atoms with Crippen LogP contribution in [0.5, 0.6) is 0 Å². The van der Waals surface area contributed by atoms with Crippen LogP contribution in [0.3, 0.4) is 0 Å². The van der Waals surface area contributed by atoms with Crippen LogP contribution in [0.1, 0.15) is 36.5 Å². The molecule has 1 aromatic carbocycles. The molecule has 2 rings (SSSR count). The maximum Gasteiger partial charge on any atom is 0.240 e. The van der Waals surface area contributed by atoms with Crippen molar-refractivity contribution in [1.82, 2.24) is 14.9 Å². The molecule has 0 saturated heterocycles. The van der Waals surface area contributed by atoms with E-state index in [1.54, 1.807) is 0 Å². The number of carbonyl (C=O) groups excluding carboxylic acids is 1. The fourth-order valence-corrected chi connectivity index (χ4v) is 2.50. The molecule has 1 heterocycles. The highest BCUT2D eigenvalue weighted by atomic mass is 16.5. The zero-order valence-corrected chi connectivity index (χ0v) is 14.1. The predicted molar refractivity (Wildman–Crippen MR) is 90.0 cm³/mol. The third-order valence-corrected chi connectivity index (χ3v) is 3.67. The Balaban J connectivity index is 1.94. The van der Waals surface area contributed by atoms with Gasteiger partial charge in [0.15, 0.2) is 0 Å². The molecule has 0 saturated carbocycles. The van der Waals surface area contributed by atoms with E-state index >= 15 is 0 Å². The minimum atomic E-state index is -0.0108. The van der Waals surface area contributed by atoms with Gasteiger partial charge >= 0.3 is 0 Å². The molecular weight excluding hydrogens is 290 g/mol. The molecule has 0 spiro atoms. The second-order valence-corrected chi connectivity index (χ2v) is 5.46. The lowest BCUT2D eigenvalue weighted by molar-refractivity contribution is -0.121. The fourth-order valence-electron chi connectivity index (χ4n) is 2.50. The largest absolute Gasteiger partial charge is 0.377 e. The molecule has 1 N–H and O–H groups in total. The maximum atomic E-state index is 12.2. The van der Waals surface area contributed by atoms with Crippen LogP contribution in [0, 0.1) is 6.92 Å². The van der Waals surface area contributed by atoms with Crippen LogP contribution in [0.25, 0.3) is 0 Å². The Hall–Kier alpha value is -2.14. The quantitative estimate of drug-likeness (QED) is 0.814. The summed E-state index contributed by atoms with van der Waals surface area (Å²) in [4.78, 5) is 16.6. The van der Waals surface area contributed by atoms with Gasteiger partial charge in [-0.1, -0.05) is 31.2 Å². The summed E-state index contributed by atoms with van der Waals surface area (Å²) in [5, 5.41) is 2.98. The fraction of sp³-hybridized carbons (Fsp3) is 0.444. The molecule has 0 aliphatic carbocycles. The Morgan fingerprint density at radius 1 is 1.26 bits per heavy atom. The zero-order valence-electron chi connectivity index (χ0n) is 14.1. The van der Waals surface area contributed by atoms with E-state index in [4.69, 9.17) is 4.74 Å². The van der Waals surface area contributed by atoms with Crippen LogP contribution < -0.4 is 5.32 Å². The normalized spacial score (nSPS) is 10.7. The van der Waals surface area contributed by atoms with E-state index in [1.807, 2.05) is 55.8 Å². The van der Waals surface area contributed by atoms with Crippen molar-refractivity contribution in [3.8, 4) is 0 Å². The number of hydrogen-bond acceptors (Lipinski definition) is 3. The summed E-state index contributed by atoms with van der Waals surface area (Å²) in [6.45, 7) is 8.03. The van der Waals surface area contributed by atoms with Crippen LogP contribution >= 0.6 is 0 Å². The molecule has 5 heteroatoms. The molecule has 0 radical (unpaired) electrons. The lowest BCUT2D eigenvalue weighted by Crippen LogP contribution is -2.28. The lowest BCUT2D eigenvalue weighted by atomic mass is 10.1. The Morgan fingerprint density at radius 3 is 2.70 bits per heavy atom. The number of amides is 1. The van der Waals surface area contributed by atoms with Gasteiger partial charge in [0.25, 0.3) is 0 Å². The smallest absolute Gasteiger partial charge is 0.240 e. The number of carbonyl (C=O) groups is 1. The predicted octanol–water partition coefficient (Wildman–Crippen LogP) is 2.61. The second kappa shape index (κ2) is 8.48. The molecule has 0 bridgehead atoms. The summed E-state index contributed by atoms with van der Waals surface area (Å²) in [6.07, 6.45) is 2.74. The third kappa shape index (κ3) is 4.93. The Kier molecular flexibility index (Phi) is 6.35. The third-order valence-electron chi connectivity index (χ3n) is 3.67. The number of aromatic nitrogens is 2. The number of nitrogens with one attached hydrogen (secondary N) is 1.